The summed E-state index contributed by atoms with van der Waals surface area (Å²) in [4.78, 5) is 14.4. The van der Waals surface area contributed by atoms with Crippen LogP contribution in [-0.2, 0) is 7.05 Å². The highest BCUT2D eigenvalue weighted by atomic mass is 35.5. The molecule has 0 fully saturated rings. The molecule has 3 heterocycles. The lowest BCUT2D eigenvalue weighted by Gasteiger charge is -2.08. The lowest BCUT2D eigenvalue weighted by atomic mass is 10.1. The summed E-state index contributed by atoms with van der Waals surface area (Å²) in [6, 6.07) is 19.7. The Morgan fingerprint density at radius 3 is 2.39 bits per heavy atom. The van der Waals surface area contributed by atoms with Gasteiger partial charge in [0.15, 0.2) is 0 Å². The number of rotatable bonds is 5. The summed E-state index contributed by atoms with van der Waals surface area (Å²) in [7, 11) is 2.02. The Hall–Kier alpha value is -3.42. The largest absolute Gasteiger partial charge is 0.342 e. The van der Waals surface area contributed by atoms with Crippen molar-refractivity contribution in [2.24, 2.45) is 7.05 Å². The van der Waals surface area contributed by atoms with Gasteiger partial charge in [0, 0.05) is 46.0 Å². The molecule has 8 heteroatoms. The molecule has 2 aromatic carbocycles. The van der Waals surface area contributed by atoms with Gasteiger partial charge in [-0.15, -0.1) is 0 Å². The van der Waals surface area contributed by atoms with Gasteiger partial charge < -0.3 is 9.09 Å². The molecule has 5 rings (SSSR count). The molecule has 0 atom stereocenters. The second-order valence-corrected chi connectivity index (χ2v) is 8.28. The first-order chi connectivity index (χ1) is 15.2. The normalized spacial score (nSPS) is 11.0. The average molecular weight is 446 g/mol. The van der Waals surface area contributed by atoms with Crippen LogP contribution < -0.4 is 0 Å². The van der Waals surface area contributed by atoms with Crippen molar-refractivity contribution >= 4 is 23.4 Å². The third-order valence-corrected chi connectivity index (χ3v) is 6.19. The summed E-state index contributed by atoms with van der Waals surface area (Å²) in [6.07, 6.45) is 4.90. The van der Waals surface area contributed by atoms with Crippen molar-refractivity contribution in [2.75, 3.05) is 0 Å². The maximum absolute atomic E-state index is 6.06. The molecule has 5 aromatic rings. The number of pyridine rings is 1. The van der Waals surface area contributed by atoms with E-state index in [1.807, 2.05) is 73.9 Å². The molecule has 3 aromatic heterocycles. The predicted octanol–water partition coefficient (Wildman–Crippen LogP) is 6.00. The monoisotopic (exact) mass is 445 g/mol. The van der Waals surface area contributed by atoms with E-state index in [0.29, 0.717) is 10.8 Å². The van der Waals surface area contributed by atoms with E-state index in [1.54, 1.807) is 18.0 Å². The first kappa shape index (κ1) is 19.5. The van der Waals surface area contributed by atoms with Gasteiger partial charge in [-0.25, -0.2) is 4.98 Å². The zero-order chi connectivity index (χ0) is 21.2. The third kappa shape index (κ3) is 3.97. The van der Waals surface area contributed by atoms with E-state index < -0.39 is 0 Å². The molecular formula is C23H16ClN5OS. The Kier molecular flexibility index (Phi) is 5.28. The fraction of sp³-hybridized carbons (Fsp3) is 0.0435. The van der Waals surface area contributed by atoms with Crippen molar-refractivity contribution in [3.63, 3.8) is 0 Å². The van der Waals surface area contributed by atoms with Crippen molar-refractivity contribution in [1.82, 2.24) is 24.7 Å². The van der Waals surface area contributed by atoms with Gasteiger partial charge in [0.2, 0.25) is 12.2 Å². The van der Waals surface area contributed by atoms with Crippen LogP contribution in [0.2, 0.25) is 5.02 Å². The van der Waals surface area contributed by atoms with Crippen LogP contribution in [0.3, 0.4) is 0 Å². The van der Waals surface area contributed by atoms with Gasteiger partial charge in [0.1, 0.15) is 16.5 Å². The molecule has 0 aliphatic heterocycles. The molecule has 0 amide bonds. The molecular weight excluding hydrogens is 430 g/mol. The fourth-order valence-corrected chi connectivity index (χ4v) is 4.34. The van der Waals surface area contributed by atoms with Crippen LogP contribution in [0.25, 0.3) is 34.0 Å². The minimum absolute atomic E-state index is 0.555. The van der Waals surface area contributed by atoms with Crippen LogP contribution in [-0.4, -0.2) is 24.7 Å². The van der Waals surface area contributed by atoms with Gasteiger partial charge in [-0.2, -0.15) is 4.98 Å². The van der Waals surface area contributed by atoms with Crippen LogP contribution in [0, 0.1) is 0 Å². The van der Waals surface area contributed by atoms with E-state index in [1.165, 1.54) is 6.39 Å². The van der Waals surface area contributed by atoms with Gasteiger partial charge in [-0.1, -0.05) is 52.8 Å². The Labute approximate surface area is 187 Å². The Morgan fingerprint density at radius 1 is 0.935 bits per heavy atom. The van der Waals surface area contributed by atoms with Gasteiger partial charge in [-0.05, 0) is 36.4 Å². The number of imidazole rings is 1. The minimum atomic E-state index is 0.555. The van der Waals surface area contributed by atoms with E-state index >= 15 is 0 Å². The molecule has 0 aliphatic carbocycles. The zero-order valence-corrected chi connectivity index (χ0v) is 18.0. The topological polar surface area (TPSA) is 69.6 Å². The van der Waals surface area contributed by atoms with E-state index in [4.69, 9.17) is 21.1 Å². The van der Waals surface area contributed by atoms with E-state index in [-0.39, 0.29) is 0 Å². The van der Waals surface area contributed by atoms with Gasteiger partial charge >= 0.3 is 0 Å². The number of nitrogens with zero attached hydrogens (tertiary/aromatic N) is 5. The van der Waals surface area contributed by atoms with Gasteiger partial charge in [0.05, 0.1) is 0 Å². The Balaban J connectivity index is 1.60. The van der Waals surface area contributed by atoms with Crippen molar-refractivity contribution in [2.45, 2.75) is 9.92 Å². The Bertz CT molecular complexity index is 1300. The molecule has 0 radical (unpaired) electrons. The molecule has 0 bridgehead atoms. The SMILES string of the molecule is Cn1c(-c2cccnc2)nc(-c2ccc(-c3ncon3)cc2)c1Sc1ccc(Cl)cc1. The molecule has 0 spiro atoms. The highest BCUT2D eigenvalue weighted by molar-refractivity contribution is 7.99. The van der Waals surface area contributed by atoms with Crippen LogP contribution in [0.4, 0.5) is 0 Å². The fourth-order valence-electron chi connectivity index (χ4n) is 3.23. The lowest BCUT2D eigenvalue weighted by molar-refractivity contribution is 0.419. The first-order valence-electron chi connectivity index (χ1n) is 9.47. The van der Waals surface area contributed by atoms with Crippen LogP contribution in [0.1, 0.15) is 0 Å². The molecule has 0 aliphatic rings. The number of hydrogen-bond donors (Lipinski definition) is 0. The molecule has 6 nitrogen and oxygen atoms in total. The standard InChI is InChI=1S/C23H16ClN5OS/c1-29-22(17-3-2-12-25-13-17)27-20(23(29)31-19-10-8-18(24)9-11-19)15-4-6-16(7-5-15)21-26-14-30-28-21/h2-14H,1H3. The molecule has 152 valence electrons. The number of hydrogen-bond acceptors (Lipinski definition) is 6. The maximum Gasteiger partial charge on any atom is 0.214 e. The van der Waals surface area contributed by atoms with Gasteiger partial charge in [0.25, 0.3) is 0 Å². The summed E-state index contributed by atoms with van der Waals surface area (Å²) >= 11 is 7.71. The number of aromatic nitrogens is 5. The maximum atomic E-state index is 6.06. The zero-order valence-electron chi connectivity index (χ0n) is 16.4. The molecule has 0 N–H and O–H groups in total. The lowest BCUT2D eigenvalue weighted by Crippen LogP contribution is -1.94. The highest BCUT2D eigenvalue weighted by Crippen LogP contribution is 2.39. The Morgan fingerprint density at radius 2 is 1.71 bits per heavy atom. The average Bonchev–Trinajstić information content (AvgIpc) is 3.45. The second kappa shape index (κ2) is 8.37. The first-order valence-corrected chi connectivity index (χ1v) is 10.7. The number of benzene rings is 2. The number of halogens is 1. The smallest absolute Gasteiger partial charge is 0.214 e. The van der Waals surface area contributed by atoms with Crippen molar-refractivity contribution < 1.29 is 4.52 Å². The molecule has 0 saturated heterocycles. The second-order valence-electron chi connectivity index (χ2n) is 6.78. The molecule has 0 saturated carbocycles. The molecule has 31 heavy (non-hydrogen) atoms. The van der Waals surface area contributed by atoms with Crippen LogP contribution in [0.5, 0.6) is 0 Å². The minimum Gasteiger partial charge on any atom is -0.342 e. The molecule has 0 unspecified atom stereocenters. The van der Waals surface area contributed by atoms with E-state index in [0.717, 1.165) is 38.1 Å². The quantitative estimate of drug-likeness (QED) is 0.330. The van der Waals surface area contributed by atoms with Crippen LogP contribution >= 0.6 is 23.4 Å². The van der Waals surface area contributed by atoms with Crippen LogP contribution in [0.15, 0.2) is 93.9 Å². The van der Waals surface area contributed by atoms with E-state index in [9.17, 15) is 0 Å². The summed E-state index contributed by atoms with van der Waals surface area (Å²) in [5.41, 5.74) is 3.72. The summed E-state index contributed by atoms with van der Waals surface area (Å²) < 4.78 is 6.95. The summed E-state index contributed by atoms with van der Waals surface area (Å²) in [5.74, 6) is 1.40. The van der Waals surface area contributed by atoms with E-state index in [2.05, 4.69) is 19.7 Å². The van der Waals surface area contributed by atoms with Crippen molar-refractivity contribution in [3.05, 3.63) is 84.5 Å². The predicted molar refractivity (Wildman–Crippen MR) is 121 cm³/mol. The van der Waals surface area contributed by atoms with Crippen molar-refractivity contribution in [1.29, 1.82) is 0 Å². The van der Waals surface area contributed by atoms with Crippen molar-refractivity contribution in [3.8, 4) is 34.0 Å². The summed E-state index contributed by atoms with van der Waals surface area (Å²) in [5, 5.41) is 5.63. The highest BCUT2D eigenvalue weighted by Gasteiger charge is 2.19. The van der Waals surface area contributed by atoms with Gasteiger partial charge in [-0.3, -0.25) is 4.98 Å². The third-order valence-electron chi connectivity index (χ3n) is 4.77. The summed E-state index contributed by atoms with van der Waals surface area (Å²) in [6.45, 7) is 0.